The molecule has 0 saturated heterocycles. The van der Waals surface area contributed by atoms with E-state index >= 15 is 0 Å². The van der Waals surface area contributed by atoms with Crippen LogP contribution < -0.4 is 10.9 Å². The maximum Gasteiger partial charge on any atom is 0.281 e. The summed E-state index contributed by atoms with van der Waals surface area (Å²) < 4.78 is 5.33. The van der Waals surface area contributed by atoms with E-state index < -0.39 is 11.8 Å². The molecule has 1 aromatic carbocycles. The molecule has 2 amide bonds. The second kappa shape index (κ2) is 7.75. The van der Waals surface area contributed by atoms with Gasteiger partial charge < -0.3 is 4.42 Å². The molecule has 0 aliphatic rings. The highest BCUT2D eigenvalue weighted by molar-refractivity contribution is 7.17. The van der Waals surface area contributed by atoms with Crippen molar-refractivity contribution < 1.29 is 14.0 Å². The van der Waals surface area contributed by atoms with E-state index in [0.717, 1.165) is 17.0 Å². The molecule has 2 heterocycles. The van der Waals surface area contributed by atoms with Crippen LogP contribution in [0.15, 0.2) is 34.7 Å². The van der Waals surface area contributed by atoms with Gasteiger partial charge >= 0.3 is 0 Å². The van der Waals surface area contributed by atoms with Crippen molar-refractivity contribution in [3.8, 4) is 10.6 Å². The third kappa shape index (κ3) is 4.09. The van der Waals surface area contributed by atoms with E-state index in [0.29, 0.717) is 27.7 Å². The number of furan rings is 1. The lowest BCUT2D eigenvalue weighted by Gasteiger charge is -2.05. The smallest absolute Gasteiger partial charge is 0.281 e. The molecule has 3 aromatic rings. The first-order chi connectivity index (χ1) is 12.9. The summed E-state index contributed by atoms with van der Waals surface area (Å²) in [6.07, 6.45) is 0.972. The molecule has 140 valence electrons. The number of hydrazine groups is 1. The molecular weight excluding hydrogens is 362 g/mol. The molecule has 0 saturated carbocycles. The van der Waals surface area contributed by atoms with E-state index in [1.165, 1.54) is 16.9 Å². The molecule has 0 bridgehead atoms. The minimum absolute atomic E-state index is 0.394. The predicted molar refractivity (Wildman–Crippen MR) is 105 cm³/mol. The lowest BCUT2D eigenvalue weighted by molar-refractivity contribution is 0.0847. The van der Waals surface area contributed by atoms with Crippen molar-refractivity contribution in [1.82, 2.24) is 15.8 Å². The van der Waals surface area contributed by atoms with Gasteiger partial charge in [-0.3, -0.25) is 20.4 Å². The van der Waals surface area contributed by atoms with Crippen LogP contribution in [-0.4, -0.2) is 16.8 Å². The van der Waals surface area contributed by atoms with Crippen molar-refractivity contribution in [1.29, 1.82) is 0 Å². The number of hydrogen-bond acceptors (Lipinski definition) is 5. The molecule has 0 fully saturated rings. The molecule has 0 aliphatic carbocycles. The van der Waals surface area contributed by atoms with E-state index in [1.54, 1.807) is 26.8 Å². The first kappa shape index (κ1) is 18.8. The molecule has 0 unspecified atom stereocenters. The van der Waals surface area contributed by atoms with Crippen molar-refractivity contribution in [3.63, 3.8) is 0 Å². The first-order valence-corrected chi connectivity index (χ1v) is 9.45. The Morgan fingerprint density at radius 3 is 2.33 bits per heavy atom. The normalized spacial score (nSPS) is 10.7. The Kier molecular flexibility index (Phi) is 5.41. The average Bonchev–Trinajstić information content (AvgIpc) is 3.21. The molecule has 2 aromatic heterocycles. The maximum atomic E-state index is 12.5. The zero-order valence-corrected chi connectivity index (χ0v) is 16.5. The number of rotatable bonds is 4. The summed E-state index contributed by atoms with van der Waals surface area (Å²) in [7, 11) is 0. The van der Waals surface area contributed by atoms with Gasteiger partial charge in [-0.25, -0.2) is 4.98 Å². The quantitative estimate of drug-likeness (QED) is 0.668. The van der Waals surface area contributed by atoms with Crippen LogP contribution in [-0.2, 0) is 6.42 Å². The van der Waals surface area contributed by atoms with E-state index in [1.807, 2.05) is 12.1 Å². The molecular formula is C20H21N3O3S. The van der Waals surface area contributed by atoms with Crippen molar-refractivity contribution in [2.75, 3.05) is 0 Å². The number of amides is 2. The highest BCUT2D eigenvalue weighted by Gasteiger charge is 2.18. The Hall–Kier alpha value is -2.93. The zero-order valence-electron chi connectivity index (χ0n) is 15.7. The minimum Gasteiger partial charge on any atom is -0.466 e. The Morgan fingerprint density at radius 1 is 1.07 bits per heavy atom. The zero-order chi connectivity index (χ0) is 19.6. The van der Waals surface area contributed by atoms with Crippen molar-refractivity contribution in [3.05, 3.63) is 63.6 Å². The fraction of sp³-hybridized carbons (Fsp3) is 0.250. The van der Waals surface area contributed by atoms with Crippen molar-refractivity contribution >= 4 is 23.2 Å². The SMILES string of the molecule is CCc1ccc(-c2nc(C)c(C(=O)NNC(=O)c3cc(C)oc3C)s2)cc1. The van der Waals surface area contributed by atoms with E-state index in [2.05, 4.69) is 34.9 Å². The third-order valence-corrected chi connectivity index (χ3v) is 5.39. The van der Waals surface area contributed by atoms with Crippen LogP contribution >= 0.6 is 11.3 Å². The third-order valence-electron chi connectivity index (χ3n) is 4.19. The van der Waals surface area contributed by atoms with Crippen LogP contribution in [0.3, 0.4) is 0 Å². The standard InChI is InChI=1S/C20H21N3O3S/c1-5-14-6-8-15(9-7-14)20-21-12(3)17(27-20)19(25)23-22-18(24)16-10-11(2)26-13(16)4/h6-10H,5H2,1-4H3,(H,22,24)(H,23,25). The summed E-state index contributed by atoms with van der Waals surface area (Å²) in [5.74, 6) is 0.329. The Labute approximate surface area is 161 Å². The molecule has 3 rings (SSSR count). The molecule has 0 radical (unpaired) electrons. The Morgan fingerprint density at radius 2 is 1.74 bits per heavy atom. The number of thiazole rings is 1. The molecule has 0 atom stereocenters. The number of nitrogens with zero attached hydrogens (tertiary/aromatic N) is 1. The van der Waals surface area contributed by atoms with Gasteiger partial charge in [0.2, 0.25) is 0 Å². The second-order valence-corrected chi connectivity index (χ2v) is 7.22. The number of carbonyl (C=O) groups excluding carboxylic acids is 2. The van der Waals surface area contributed by atoms with Crippen LogP contribution in [0.2, 0.25) is 0 Å². The first-order valence-electron chi connectivity index (χ1n) is 8.63. The number of benzene rings is 1. The van der Waals surface area contributed by atoms with Crippen LogP contribution in [0.25, 0.3) is 10.6 Å². The van der Waals surface area contributed by atoms with Gasteiger partial charge in [-0.05, 0) is 38.8 Å². The molecule has 27 heavy (non-hydrogen) atoms. The minimum atomic E-state index is -0.421. The number of hydrogen-bond donors (Lipinski definition) is 2. The van der Waals surface area contributed by atoms with Gasteiger partial charge in [-0.1, -0.05) is 31.2 Å². The number of aryl methyl sites for hydroxylation is 4. The van der Waals surface area contributed by atoms with Gasteiger partial charge in [0.1, 0.15) is 21.4 Å². The van der Waals surface area contributed by atoms with Crippen LogP contribution in [0.1, 0.15) is 49.7 Å². The summed E-state index contributed by atoms with van der Waals surface area (Å²) in [4.78, 5) is 29.6. The van der Waals surface area contributed by atoms with Crippen LogP contribution in [0.5, 0.6) is 0 Å². The number of nitrogens with one attached hydrogen (secondary N) is 2. The summed E-state index contributed by atoms with van der Waals surface area (Å²) in [5, 5.41) is 0.771. The summed E-state index contributed by atoms with van der Waals surface area (Å²) in [6, 6.07) is 9.75. The van der Waals surface area contributed by atoms with Gasteiger partial charge in [0.25, 0.3) is 11.8 Å². The van der Waals surface area contributed by atoms with Crippen molar-refractivity contribution in [2.24, 2.45) is 0 Å². The predicted octanol–water partition coefficient (Wildman–Crippen LogP) is 3.97. The molecule has 2 N–H and O–H groups in total. The number of aromatic nitrogens is 1. The molecule has 7 heteroatoms. The highest BCUT2D eigenvalue weighted by atomic mass is 32.1. The van der Waals surface area contributed by atoms with Gasteiger partial charge in [0.05, 0.1) is 11.3 Å². The maximum absolute atomic E-state index is 12.5. The largest absolute Gasteiger partial charge is 0.466 e. The Bertz CT molecular complexity index is 987. The van der Waals surface area contributed by atoms with Crippen LogP contribution in [0.4, 0.5) is 0 Å². The Balaban J connectivity index is 1.70. The fourth-order valence-electron chi connectivity index (χ4n) is 2.71. The van der Waals surface area contributed by atoms with Crippen LogP contribution in [0, 0.1) is 20.8 Å². The molecule has 0 aliphatic heterocycles. The second-order valence-electron chi connectivity index (χ2n) is 6.22. The van der Waals surface area contributed by atoms with Crippen molar-refractivity contribution in [2.45, 2.75) is 34.1 Å². The summed E-state index contributed by atoms with van der Waals surface area (Å²) in [5.41, 5.74) is 8.10. The highest BCUT2D eigenvalue weighted by Crippen LogP contribution is 2.28. The monoisotopic (exact) mass is 383 g/mol. The fourth-order valence-corrected chi connectivity index (χ4v) is 3.67. The molecule has 0 spiro atoms. The van der Waals surface area contributed by atoms with E-state index in [-0.39, 0.29) is 0 Å². The summed E-state index contributed by atoms with van der Waals surface area (Å²) in [6.45, 7) is 7.34. The van der Waals surface area contributed by atoms with E-state index in [4.69, 9.17) is 4.42 Å². The average molecular weight is 383 g/mol. The molecule has 6 nitrogen and oxygen atoms in total. The lowest BCUT2D eigenvalue weighted by Crippen LogP contribution is -2.41. The summed E-state index contributed by atoms with van der Waals surface area (Å²) >= 11 is 1.30. The lowest BCUT2D eigenvalue weighted by atomic mass is 10.1. The van der Waals surface area contributed by atoms with Gasteiger partial charge in [0, 0.05) is 5.56 Å². The van der Waals surface area contributed by atoms with Gasteiger partial charge in [0.15, 0.2) is 0 Å². The topological polar surface area (TPSA) is 84.2 Å². The van der Waals surface area contributed by atoms with Gasteiger partial charge in [-0.2, -0.15) is 0 Å². The van der Waals surface area contributed by atoms with Gasteiger partial charge in [-0.15, -0.1) is 11.3 Å². The van der Waals surface area contributed by atoms with E-state index in [9.17, 15) is 9.59 Å². The number of carbonyl (C=O) groups is 2.